The summed E-state index contributed by atoms with van der Waals surface area (Å²) in [5, 5.41) is 0. The van der Waals surface area contributed by atoms with Gasteiger partial charge in [-0.2, -0.15) is 11.8 Å². The van der Waals surface area contributed by atoms with Gasteiger partial charge in [0.15, 0.2) is 0 Å². The van der Waals surface area contributed by atoms with Crippen LogP contribution < -0.4 is 0 Å². The molecule has 19 heavy (non-hydrogen) atoms. The monoisotopic (exact) mass is 283 g/mol. The highest BCUT2D eigenvalue weighted by molar-refractivity contribution is 7.99. The zero-order valence-corrected chi connectivity index (χ0v) is 12.7. The average molecular weight is 283 g/mol. The molecule has 3 fully saturated rings. The van der Waals surface area contributed by atoms with Crippen LogP contribution in [-0.2, 0) is 9.53 Å². The standard InChI is InChI=1S/C15H25NO2S/c1-12(17)14-4-2-3-7-16(14)13-5-8-18-15(10-13)6-9-19-11-15/h13-14H,2-11H2,1H3. The zero-order chi connectivity index (χ0) is 13.3. The van der Waals surface area contributed by atoms with Crippen LogP contribution in [0.4, 0.5) is 0 Å². The third-order valence-electron chi connectivity index (χ3n) is 5.02. The molecule has 3 unspecified atom stereocenters. The van der Waals surface area contributed by atoms with E-state index in [1.54, 1.807) is 6.92 Å². The second kappa shape index (κ2) is 5.74. The number of rotatable bonds is 2. The maximum atomic E-state index is 11.9. The molecule has 0 aromatic rings. The van der Waals surface area contributed by atoms with E-state index in [4.69, 9.17) is 4.74 Å². The summed E-state index contributed by atoms with van der Waals surface area (Å²) in [5.41, 5.74) is 0.131. The number of likely N-dealkylation sites (tertiary alicyclic amines) is 1. The van der Waals surface area contributed by atoms with Crippen molar-refractivity contribution in [3.8, 4) is 0 Å². The molecule has 108 valence electrons. The summed E-state index contributed by atoms with van der Waals surface area (Å²) in [4.78, 5) is 14.4. The maximum Gasteiger partial charge on any atom is 0.146 e. The van der Waals surface area contributed by atoms with Crippen molar-refractivity contribution < 1.29 is 9.53 Å². The van der Waals surface area contributed by atoms with Gasteiger partial charge in [0.25, 0.3) is 0 Å². The van der Waals surface area contributed by atoms with Gasteiger partial charge >= 0.3 is 0 Å². The van der Waals surface area contributed by atoms with Crippen molar-refractivity contribution in [2.24, 2.45) is 0 Å². The molecule has 0 aliphatic carbocycles. The van der Waals surface area contributed by atoms with E-state index in [1.807, 2.05) is 11.8 Å². The van der Waals surface area contributed by atoms with Gasteiger partial charge in [0.2, 0.25) is 0 Å². The molecule has 3 saturated heterocycles. The highest BCUT2D eigenvalue weighted by Gasteiger charge is 2.43. The molecule has 0 aromatic heterocycles. The number of carbonyl (C=O) groups is 1. The van der Waals surface area contributed by atoms with Gasteiger partial charge in [0, 0.05) is 18.4 Å². The van der Waals surface area contributed by atoms with Crippen LogP contribution in [0.3, 0.4) is 0 Å². The molecule has 0 radical (unpaired) electrons. The Morgan fingerprint density at radius 2 is 2.26 bits per heavy atom. The number of piperidine rings is 1. The van der Waals surface area contributed by atoms with Gasteiger partial charge in [-0.25, -0.2) is 0 Å². The lowest BCUT2D eigenvalue weighted by atomic mass is 9.86. The van der Waals surface area contributed by atoms with E-state index >= 15 is 0 Å². The van der Waals surface area contributed by atoms with Crippen LogP contribution in [-0.4, -0.2) is 53.0 Å². The van der Waals surface area contributed by atoms with Crippen LogP contribution in [0.2, 0.25) is 0 Å². The number of hydrogen-bond acceptors (Lipinski definition) is 4. The number of Topliss-reactive ketones (excluding diaryl/α,β-unsaturated/α-hetero) is 1. The van der Waals surface area contributed by atoms with Crippen LogP contribution in [0.1, 0.15) is 45.4 Å². The average Bonchev–Trinajstić information content (AvgIpc) is 2.86. The molecule has 4 heteroatoms. The lowest BCUT2D eigenvalue weighted by molar-refractivity contribution is -0.130. The molecule has 3 atom stereocenters. The van der Waals surface area contributed by atoms with E-state index in [1.165, 1.54) is 25.0 Å². The van der Waals surface area contributed by atoms with Crippen molar-refractivity contribution in [2.75, 3.05) is 24.7 Å². The van der Waals surface area contributed by atoms with Crippen molar-refractivity contribution in [2.45, 2.75) is 63.1 Å². The van der Waals surface area contributed by atoms with Crippen molar-refractivity contribution >= 4 is 17.5 Å². The minimum atomic E-state index is 0.131. The van der Waals surface area contributed by atoms with Crippen LogP contribution in [0.5, 0.6) is 0 Å². The van der Waals surface area contributed by atoms with Gasteiger partial charge in [-0.15, -0.1) is 0 Å². The molecule has 0 amide bonds. The fourth-order valence-corrected chi connectivity index (χ4v) is 5.35. The molecule has 3 heterocycles. The van der Waals surface area contributed by atoms with E-state index in [9.17, 15) is 4.79 Å². The summed E-state index contributed by atoms with van der Waals surface area (Å²) in [6.45, 7) is 3.76. The summed E-state index contributed by atoms with van der Waals surface area (Å²) in [5.74, 6) is 2.76. The lowest BCUT2D eigenvalue weighted by Gasteiger charge is -2.46. The van der Waals surface area contributed by atoms with E-state index in [-0.39, 0.29) is 11.6 Å². The SMILES string of the molecule is CC(=O)C1CCCCN1C1CCOC2(CCSC2)C1. The summed E-state index contributed by atoms with van der Waals surface area (Å²) in [7, 11) is 0. The fraction of sp³-hybridized carbons (Fsp3) is 0.933. The van der Waals surface area contributed by atoms with Crippen LogP contribution in [0, 0.1) is 0 Å². The van der Waals surface area contributed by atoms with E-state index in [0.717, 1.165) is 38.2 Å². The molecule has 1 spiro atoms. The first-order valence-corrected chi connectivity index (χ1v) is 8.84. The largest absolute Gasteiger partial charge is 0.374 e. The Bertz CT molecular complexity index is 341. The maximum absolute atomic E-state index is 11.9. The van der Waals surface area contributed by atoms with Crippen molar-refractivity contribution in [3.63, 3.8) is 0 Å². The zero-order valence-electron chi connectivity index (χ0n) is 11.9. The Labute approximate surface area is 120 Å². The Kier molecular flexibility index (Phi) is 4.20. The quantitative estimate of drug-likeness (QED) is 0.779. The Hall–Kier alpha value is -0.0600. The highest BCUT2D eigenvalue weighted by Crippen LogP contribution is 2.40. The topological polar surface area (TPSA) is 29.5 Å². The number of ketones is 1. The highest BCUT2D eigenvalue weighted by atomic mass is 32.2. The van der Waals surface area contributed by atoms with E-state index in [0.29, 0.717) is 11.8 Å². The van der Waals surface area contributed by atoms with E-state index in [2.05, 4.69) is 4.90 Å². The van der Waals surface area contributed by atoms with Gasteiger partial charge in [0.05, 0.1) is 11.6 Å². The molecule has 3 aliphatic heterocycles. The van der Waals surface area contributed by atoms with Gasteiger partial charge in [-0.3, -0.25) is 9.69 Å². The number of ether oxygens (including phenoxy) is 1. The molecular formula is C15H25NO2S. The van der Waals surface area contributed by atoms with Crippen LogP contribution in [0.25, 0.3) is 0 Å². The third kappa shape index (κ3) is 2.86. The number of nitrogens with zero attached hydrogens (tertiary/aromatic N) is 1. The van der Waals surface area contributed by atoms with Gasteiger partial charge in [-0.1, -0.05) is 6.42 Å². The first-order chi connectivity index (χ1) is 9.20. The summed E-state index contributed by atoms with van der Waals surface area (Å²) < 4.78 is 6.11. The number of thioether (sulfide) groups is 1. The van der Waals surface area contributed by atoms with E-state index < -0.39 is 0 Å². The van der Waals surface area contributed by atoms with Gasteiger partial charge < -0.3 is 4.74 Å². The summed E-state index contributed by atoms with van der Waals surface area (Å²) in [6.07, 6.45) is 6.98. The minimum absolute atomic E-state index is 0.131. The normalized spacial score (nSPS) is 40.7. The summed E-state index contributed by atoms with van der Waals surface area (Å²) in [6, 6.07) is 0.754. The van der Waals surface area contributed by atoms with Gasteiger partial charge in [0.1, 0.15) is 5.78 Å². The molecule has 3 rings (SSSR count). The molecule has 3 aliphatic rings. The van der Waals surface area contributed by atoms with Crippen molar-refractivity contribution in [1.82, 2.24) is 4.90 Å². The number of hydrogen-bond donors (Lipinski definition) is 0. The Morgan fingerprint density at radius 1 is 1.37 bits per heavy atom. The van der Waals surface area contributed by atoms with Gasteiger partial charge in [-0.05, 0) is 51.3 Å². The first kappa shape index (κ1) is 13.9. The lowest BCUT2D eigenvalue weighted by Crippen LogP contribution is -2.55. The Morgan fingerprint density at radius 3 is 3.00 bits per heavy atom. The second-order valence-corrected chi connectivity index (χ2v) is 7.45. The number of carbonyl (C=O) groups excluding carboxylic acids is 1. The predicted octanol–water partition coefficient (Wildman–Crippen LogP) is 2.48. The molecule has 0 bridgehead atoms. The minimum Gasteiger partial charge on any atom is -0.374 e. The Balaban J connectivity index is 1.71. The molecule has 3 nitrogen and oxygen atoms in total. The smallest absolute Gasteiger partial charge is 0.146 e. The fourth-order valence-electron chi connectivity index (χ4n) is 3.98. The van der Waals surface area contributed by atoms with Crippen molar-refractivity contribution in [3.05, 3.63) is 0 Å². The third-order valence-corrected chi connectivity index (χ3v) is 6.24. The molecule has 0 saturated carbocycles. The summed E-state index contributed by atoms with van der Waals surface area (Å²) >= 11 is 2.02. The first-order valence-electron chi connectivity index (χ1n) is 7.68. The van der Waals surface area contributed by atoms with Crippen molar-refractivity contribution in [1.29, 1.82) is 0 Å². The molecule has 0 aromatic carbocycles. The van der Waals surface area contributed by atoms with Crippen LogP contribution in [0.15, 0.2) is 0 Å². The molecular weight excluding hydrogens is 258 g/mol. The molecule has 0 N–H and O–H groups in total. The predicted molar refractivity (Wildman–Crippen MR) is 78.7 cm³/mol. The second-order valence-electron chi connectivity index (χ2n) is 6.34. The van der Waals surface area contributed by atoms with Crippen LogP contribution >= 0.6 is 11.8 Å².